The lowest BCUT2D eigenvalue weighted by Crippen LogP contribution is -2.41. The average molecular weight is 1510 g/mol. The van der Waals surface area contributed by atoms with Crippen molar-refractivity contribution in [3.8, 4) is 11.1 Å². The maximum absolute atomic E-state index is 12.4. The number of esters is 6. The molecule has 101 heavy (non-hydrogen) atoms. The predicted molar refractivity (Wildman–Crippen MR) is 366 cm³/mol. The largest absolute Gasteiger partial charge is 0.495 e. The number of benzene rings is 4. The molecule has 0 radical (unpaired) electrons. The van der Waals surface area contributed by atoms with E-state index in [1.165, 1.54) is 61.2 Å². The smallest absolute Gasteiger partial charge is 0.465 e. The normalized spacial score (nSPS) is 12.9. The molecule has 1 aliphatic carbocycles. The topological polar surface area (TPSA) is 377 Å². The van der Waals surface area contributed by atoms with Gasteiger partial charge in [0.1, 0.15) is 0 Å². The summed E-state index contributed by atoms with van der Waals surface area (Å²) in [5.74, 6) is -2.62. The zero-order valence-corrected chi connectivity index (χ0v) is 60.0. The highest BCUT2D eigenvalue weighted by Crippen LogP contribution is 2.41. The summed E-state index contributed by atoms with van der Waals surface area (Å²) in [4.78, 5) is 159. The van der Waals surface area contributed by atoms with Crippen LogP contribution in [0.15, 0.2) is 121 Å². The van der Waals surface area contributed by atoms with E-state index in [1.54, 1.807) is 49.2 Å². The van der Waals surface area contributed by atoms with Crippen LogP contribution in [0.1, 0.15) is 137 Å². The number of aryl methyl sites for hydroxylation is 3. The third-order valence-corrected chi connectivity index (χ3v) is 17.3. The quantitative estimate of drug-likeness (QED) is 0.0774. The van der Waals surface area contributed by atoms with Gasteiger partial charge < -0.3 is 37.7 Å². The Kier molecular flexibility index (Phi) is 31.0. The Morgan fingerprint density at radius 1 is 0.416 bits per heavy atom. The fourth-order valence-electron chi connectivity index (χ4n) is 10.7. The summed E-state index contributed by atoms with van der Waals surface area (Å²) >= 11 is 6.93. The van der Waals surface area contributed by atoms with E-state index in [2.05, 4.69) is 82.8 Å². The second kappa shape index (κ2) is 38.2. The van der Waals surface area contributed by atoms with Gasteiger partial charge in [0.15, 0.2) is 0 Å². The minimum Gasteiger partial charge on any atom is -0.465 e. The highest BCUT2D eigenvalue weighted by atomic mass is 79.9. The minimum absolute atomic E-state index is 0.175. The Bertz CT molecular complexity index is 4670. The van der Waals surface area contributed by atoms with Gasteiger partial charge in [-0.3, -0.25) is 24.9 Å². The van der Waals surface area contributed by atoms with Gasteiger partial charge in [-0.2, -0.15) is 38.4 Å². The highest BCUT2D eigenvalue weighted by Gasteiger charge is 2.52. The molecule has 0 saturated carbocycles. The molecule has 0 bridgehead atoms. The molecular formula is C71H64BBr2N5O22. The Morgan fingerprint density at radius 3 is 1.24 bits per heavy atom. The molecule has 1 fully saturated rings. The zero-order chi connectivity index (χ0) is 75.6. The molecule has 1 saturated heterocycles. The number of allylic oxidation sites excluding steroid dienone is 1. The molecule has 5 aromatic heterocycles. The second-order valence-corrected chi connectivity index (χ2v) is 23.8. The molecule has 11 rings (SSSR count). The predicted octanol–water partition coefficient (Wildman–Crippen LogP) is 10.6. The first-order chi connectivity index (χ1) is 48.0. The Balaban J connectivity index is 0.000000278. The third kappa shape index (κ3) is 19.1. The fourth-order valence-corrected chi connectivity index (χ4v) is 11.6. The van der Waals surface area contributed by atoms with Gasteiger partial charge in [-0.05, 0) is 123 Å². The number of hydrogen-bond acceptors (Lipinski definition) is 27. The molecule has 0 N–H and O–H groups in total. The van der Waals surface area contributed by atoms with Crippen LogP contribution in [-0.4, -0.2) is 146 Å². The van der Waals surface area contributed by atoms with E-state index in [-0.39, 0.29) is 58.8 Å². The van der Waals surface area contributed by atoms with E-state index < -0.39 is 42.2 Å². The maximum Gasteiger partial charge on any atom is 0.495 e. The Hall–Kier alpha value is -11.3. The van der Waals surface area contributed by atoms with Crippen molar-refractivity contribution in [2.24, 2.45) is 0 Å². The second-order valence-electron chi connectivity index (χ2n) is 22.1. The van der Waals surface area contributed by atoms with E-state index in [1.807, 2.05) is 78.2 Å². The Morgan fingerprint density at radius 2 is 0.762 bits per heavy atom. The summed E-state index contributed by atoms with van der Waals surface area (Å²) in [7, 11) is 7.26. The number of methoxy groups -OCH3 is 6. The van der Waals surface area contributed by atoms with Crippen molar-refractivity contribution < 1.29 is 105 Å². The van der Waals surface area contributed by atoms with E-state index in [0.29, 0.717) is 44.1 Å². The first kappa shape index (κ1) is 82.1. The molecule has 30 heteroatoms. The zero-order valence-electron chi connectivity index (χ0n) is 56.8. The number of fused-ring (bicyclic) bond motifs is 5. The van der Waals surface area contributed by atoms with Gasteiger partial charge in [0.05, 0.1) is 87.2 Å². The summed E-state index contributed by atoms with van der Waals surface area (Å²) in [6.45, 7) is 16.0. The fraction of sp³-hybridized carbons (Fsp3) is 0.254. The van der Waals surface area contributed by atoms with Crippen LogP contribution in [-0.2, 0) is 76.1 Å². The van der Waals surface area contributed by atoms with Crippen LogP contribution in [0.5, 0.6) is 0 Å². The summed E-state index contributed by atoms with van der Waals surface area (Å²) in [6, 6.07) is 14.8. The Labute approximate surface area is 594 Å². The van der Waals surface area contributed by atoms with Crippen LogP contribution in [0.3, 0.4) is 0 Å². The average Bonchev–Trinajstić information content (AvgIpc) is 1.61. The first-order valence-electron chi connectivity index (χ1n) is 29.4. The van der Waals surface area contributed by atoms with Crippen LogP contribution in [0.2, 0.25) is 0 Å². The molecule has 27 nitrogen and oxygen atoms in total. The molecule has 0 amide bonds. The molecule has 1 unspecified atom stereocenters. The molecule has 6 heterocycles. The lowest BCUT2D eigenvalue weighted by atomic mass is 9.75. The monoisotopic (exact) mass is 1510 g/mol. The van der Waals surface area contributed by atoms with Gasteiger partial charge in [-0.1, -0.05) is 75.2 Å². The molecule has 1 atom stereocenters. The number of pyridine rings is 5. The number of nitrogens with zero attached hydrogens (tertiary/aromatic N) is 5. The van der Waals surface area contributed by atoms with Crippen LogP contribution in [0.4, 0.5) is 0 Å². The number of ether oxygens (including phenoxy) is 6. The van der Waals surface area contributed by atoms with Crippen LogP contribution in [0, 0.1) is 20.8 Å². The van der Waals surface area contributed by atoms with Crippen molar-refractivity contribution >= 4 is 152 Å². The van der Waals surface area contributed by atoms with E-state index in [0.717, 1.165) is 75.9 Å². The summed E-state index contributed by atoms with van der Waals surface area (Å²) in [5.41, 5.74) is 8.65. The lowest BCUT2D eigenvalue weighted by Gasteiger charge is -2.32. The number of halogens is 2. The molecule has 522 valence electrons. The highest BCUT2D eigenvalue weighted by molar-refractivity contribution is 9.15. The molecule has 9 aromatic rings. The molecule has 1 aliphatic heterocycles. The van der Waals surface area contributed by atoms with Crippen molar-refractivity contribution in [1.29, 1.82) is 0 Å². The number of hydrogen-bond donors (Lipinski definition) is 0. The van der Waals surface area contributed by atoms with Crippen molar-refractivity contribution in [2.45, 2.75) is 78.9 Å². The minimum atomic E-state index is -0.668. The number of carbonyl (C=O) groups is 6. The molecule has 4 aromatic carbocycles. The van der Waals surface area contributed by atoms with Gasteiger partial charge in [-0.25, -0.2) is 28.8 Å². The molecule has 0 spiro atoms. The lowest BCUT2D eigenvalue weighted by molar-refractivity contribution is -0.193. The van der Waals surface area contributed by atoms with Crippen molar-refractivity contribution in [2.75, 3.05) is 42.7 Å². The first-order valence-corrected chi connectivity index (χ1v) is 31.0. The molecular weight excluding hydrogens is 1450 g/mol. The number of carbonyl (C=O) groups excluding carboxylic acids is 14. The van der Waals surface area contributed by atoms with Crippen molar-refractivity contribution in [3.05, 3.63) is 182 Å². The van der Waals surface area contributed by atoms with Crippen molar-refractivity contribution in [1.82, 2.24) is 24.9 Å². The van der Waals surface area contributed by atoms with Gasteiger partial charge in [-0.15, -0.1) is 0 Å². The summed E-state index contributed by atoms with van der Waals surface area (Å²) in [5, 5.41) is 6.01. The van der Waals surface area contributed by atoms with E-state index in [9.17, 15) is 28.8 Å². The van der Waals surface area contributed by atoms with Crippen LogP contribution >= 0.6 is 31.9 Å². The molecule has 2 aliphatic rings. The van der Waals surface area contributed by atoms with Gasteiger partial charge in [0.25, 0.3) is 0 Å². The van der Waals surface area contributed by atoms with Gasteiger partial charge >= 0.3 is 67.5 Å². The third-order valence-electron chi connectivity index (χ3n) is 15.9. The number of rotatable bonds is 8. The van der Waals surface area contributed by atoms with Gasteiger partial charge in [0.2, 0.25) is 0 Å². The summed E-state index contributed by atoms with van der Waals surface area (Å²) < 4.78 is 43.3. The number of aromatic nitrogens is 5. The van der Waals surface area contributed by atoms with Crippen molar-refractivity contribution in [3.63, 3.8) is 0 Å². The van der Waals surface area contributed by atoms with Crippen LogP contribution in [0.25, 0.3) is 58.7 Å². The van der Waals surface area contributed by atoms with E-state index >= 15 is 0 Å². The van der Waals surface area contributed by atoms with Crippen LogP contribution < -0.4 is 5.46 Å². The van der Waals surface area contributed by atoms with Gasteiger partial charge in [0, 0.05) is 114 Å². The SMILES string of the molecule is COC(=O)c1ccc(-c2ccc(C)c3c(C)cncc23)c2cncc(C(=O)OC)c12.COC(=O)c1ccc(B2OC(C)(C)C(C)(C)O2)c2cncc(C(=O)OC)c12.COC(=O)c1cncc2c(Br)ccc(C)c12.COC(=O)c1cncc2c1C(C)CC=C2Br.O=C=O.O=C=O.O=C=O.O=C=O. The maximum atomic E-state index is 12.4. The van der Waals surface area contributed by atoms with E-state index in [4.69, 9.17) is 76.1 Å². The standard InChI is InChI=1S/C24H20N2O4.C19H22BNO6.C12H12BrNO2.C12H10BrNO2.4CO2/c1-13-5-6-15(18-10-25-9-14(2)21(13)18)16-7-8-17(23(27)29-3)22-19(16)11-26-12-20(22)24(28)30-4;1-18(2)19(3,4)27-20(26-18)14-8-7-11(16(22)24-5)15-12(14)9-21-10-13(15)17(23)25-6;2*1-7-3-4-10(13)8-5-14-6-9(11(7)8)12(15)16-2;4*2-1-3/h5-12H,1-4H3;7-10H,1-6H3;4-7H,3H2,1-2H3;3-6H,1-2H3;;;;. The summed E-state index contributed by atoms with van der Waals surface area (Å²) in [6.07, 6.45) is 20.3.